The smallest absolute Gasteiger partial charge is 0.152 e. The van der Waals surface area contributed by atoms with Crippen LogP contribution in [-0.4, -0.2) is 5.78 Å². The molecule has 0 aromatic heterocycles. The van der Waals surface area contributed by atoms with Gasteiger partial charge in [0.25, 0.3) is 0 Å². The van der Waals surface area contributed by atoms with Gasteiger partial charge in [-0.05, 0) is 61.1 Å². The standard InChI is InChI=1S/C19H26.C7H7Br.C4H6O/c1-5-7-8-9-10-11-17(6-2)19-14-12-18(13-15-19)16(3)4;1-6-2-4-7(8)5-3-6;1-3-4(2)5/h6,9-16H,2,5,7-8H2,1,3-4H3;2-5H,1H3;3H,1H2,2H3/b10-9-,17-11+;;. The van der Waals surface area contributed by atoms with E-state index in [2.05, 4.69) is 111 Å². The molecular formula is C30H39BrO. The van der Waals surface area contributed by atoms with Crippen molar-refractivity contribution in [2.75, 3.05) is 0 Å². The van der Waals surface area contributed by atoms with Crippen LogP contribution in [0.2, 0.25) is 0 Å². The molecule has 0 spiro atoms. The number of aryl methyl sites for hydroxylation is 1. The predicted molar refractivity (Wildman–Crippen MR) is 147 cm³/mol. The number of halogens is 1. The van der Waals surface area contributed by atoms with Crippen LogP contribution in [0.25, 0.3) is 5.57 Å². The van der Waals surface area contributed by atoms with E-state index < -0.39 is 0 Å². The Labute approximate surface area is 204 Å². The molecule has 0 atom stereocenters. The van der Waals surface area contributed by atoms with Crippen molar-refractivity contribution in [3.63, 3.8) is 0 Å². The molecule has 0 amide bonds. The van der Waals surface area contributed by atoms with E-state index in [4.69, 9.17) is 0 Å². The van der Waals surface area contributed by atoms with Crippen molar-refractivity contribution >= 4 is 27.3 Å². The number of carbonyl (C=O) groups is 1. The lowest BCUT2D eigenvalue weighted by atomic mass is 9.98. The molecule has 32 heavy (non-hydrogen) atoms. The van der Waals surface area contributed by atoms with Crippen LogP contribution in [-0.2, 0) is 4.79 Å². The van der Waals surface area contributed by atoms with Gasteiger partial charge in [0.2, 0.25) is 0 Å². The Kier molecular flexibility index (Phi) is 16.8. The normalized spacial score (nSPS) is 10.7. The molecule has 0 aliphatic rings. The minimum absolute atomic E-state index is 0.0185. The molecule has 0 radical (unpaired) electrons. The molecule has 2 aromatic rings. The van der Waals surface area contributed by atoms with Gasteiger partial charge in [-0.2, -0.15) is 0 Å². The van der Waals surface area contributed by atoms with Crippen LogP contribution in [0.3, 0.4) is 0 Å². The van der Waals surface area contributed by atoms with E-state index in [1.807, 2.05) is 18.2 Å². The highest BCUT2D eigenvalue weighted by atomic mass is 79.9. The second-order valence-electron chi connectivity index (χ2n) is 7.78. The largest absolute Gasteiger partial charge is 0.295 e. The molecule has 172 valence electrons. The van der Waals surface area contributed by atoms with Gasteiger partial charge in [0, 0.05) is 4.47 Å². The van der Waals surface area contributed by atoms with Crippen LogP contribution in [0, 0.1) is 6.92 Å². The average molecular weight is 496 g/mol. The van der Waals surface area contributed by atoms with E-state index >= 15 is 0 Å². The Balaban J connectivity index is 0.000000602. The fraction of sp³-hybridized carbons (Fsp3) is 0.300. The maximum absolute atomic E-state index is 9.69. The average Bonchev–Trinajstić information content (AvgIpc) is 2.79. The minimum Gasteiger partial charge on any atom is -0.295 e. The predicted octanol–water partition coefficient (Wildman–Crippen LogP) is 9.64. The summed E-state index contributed by atoms with van der Waals surface area (Å²) in [7, 11) is 0. The van der Waals surface area contributed by atoms with Crippen LogP contribution in [0.4, 0.5) is 0 Å². The SMILES string of the molecule is C=C/C(=C\C=C/CCCC)c1ccc(C(C)C)cc1.C=CC(C)=O.Cc1ccc(Br)cc1. The molecule has 0 saturated carbocycles. The number of allylic oxidation sites excluding steroid dienone is 6. The Morgan fingerprint density at radius 3 is 1.97 bits per heavy atom. The van der Waals surface area contributed by atoms with Crippen molar-refractivity contribution in [3.8, 4) is 0 Å². The van der Waals surface area contributed by atoms with Gasteiger partial charge in [0.1, 0.15) is 0 Å². The summed E-state index contributed by atoms with van der Waals surface area (Å²) in [6.45, 7) is 17.3. The summed E-state index contributed by atoms with van der Waals surface area (Å²) < 4.78 is 1.14. The summed E-state index contributed by atoms with van der Waals surface area (Å²) >= 11 is 3.35. The molecule has 2 rings (SSSR count). The first-order valence-electron chi connectivity index (χ1n) is 11.2. The second-order valence-corrected chi connectivity index (χ2v) is 8.70. The number of benzene rings is 2. The van der Waals surface area contributed by atoms with Crippen LogP contribution < -0.4 is 0 Å². The molecule has 0 fully saturated rings. The van der Waals surface area contributed by atoms with Crippen LogP contribution in [0.15, 0.2) is 96.5 Å². The van der Waals surface area contributed by atoms with Gasteiger partial charge in [-0.3, -0.25) is 4.79 Å². The van der Waals surface area contributed by atoms with E-state index in [0.717, 1.165) is 10.9 Å². The molecule has 2 heteroatoms. The van der Waals surface area contributed by atoms with E-state index in [0.29, 0.717) is 5.92 Å². The number of rotatable bonds is 8. The second kappa shape index (κ2) is 18.2. The van der Waals surface area contributed by atoms with Crippen molar-refractivity contribution in [3.05, 3.63) is 113 Å². The fourth-order valence-electron chi connectivity index (χ4n) is 2.47. The summed E-state index contributed by atoms with van der Waals surface area (Å²) in [6, 6.07) is 17.0. The van der Waals surface area contributed by atoms with E-state index in [9.17, 15) is 4.79 Å². The maximum Gasteiger partial charge on any atom is 0.152 e. The maximum atomic E-state index is 9.69. The van der Waals surface area contributed by atoms with E-state index in [1.54, 1.807) is 0 Å². The molecule has 0 aliphatic carbocycles. The summed E-state index contributed by atoms with van der Waals surface area (Å²) in [5.74, 6) is 0.601. The summed E-state index contributed by atoms with van der Waals surface area (Å²) in [6.07, 6.45) is 13.4. The van der Waals surface area contributed by atoms with Crippen molar-refractivity contribution in [1.29, 1.82) is 0 Å². The zero-order chi connectivity index (χ0) is 24.4. The van der Waals surface area contributed by atoms with Crippen molar-refractivity contribution in [1.82, 2.24) is 0 Å². The van der Waals surface area contributed by atoms with E-state index in [-0.39, 0.29) is 5.78 Å². The molecule has 0 saturated heterocycles. The molecule has 0 heterocycles. The zero-order valence-electron chi connectivity index (χ0n) is 20.4. The molecule has 0 unspecified atom stereocenters. The first kappa shape index (κ1) is 29.5. The molecule has 2 aromatic carbocycles. The third kappa shape index (κ3) is 14.5. The topological polar surface area (TPSA) is 17.1 Å². The number of carbonyl (C=O) groups excluding carboxylic acids is 1. The summed E-state index contributed by atoms with van der Waals surface area (Å²) in [4.78, 5) is 9.69. The van der Waals surface area contributed by atoms with Gasteiger partial charge >= 0.3 is 0 Å². The minimum atomic E-state index is 0.0185. The Morgan fingerprint density at radius 1 is 1.00 bits per heavy atom. The number of hydrogen-bond acceptors (Lipinski definition) is 1. The van der Waals surface area contributed by atoms with Gasteiger partial charge in [0.15, 0.2) is 5.78 Å². The number of ketones is 1. The Morgan fingerprint density at radius 2 is 1.56 bits per heavy atom. The quantitative estimate of drug-likeness (QED) is 0.202. The lowest BCUT2D eigenvalue weighted by molar-refractivity contribution is -0.112. The highest BCUT2D eigenvalue weighted by molar-refractivity contribution is 9.10. The van der Waals surface area contributed by atoms with Crippen LogP contribution in [0.1, 0.15) is 69.6 Å². The molecule has 0 N–H and O–H groups in total. The molecule has 0 aliphatic heterocycles. The number of unbranched alkanes of at least 4 members (excludes halogenated alkanes) is 2. The Hall–Kier alpha value is -2.45. The lowest BCUT2D eigenvalue weighted by Gasteiger charge is -2.07. The first-order chi connectivity index (χ1) is 15.2. The fourth-order valence-corrected chi connectivity index (χ4v) is 2.73. The van der Waals surface area contributed by atoms with Gasteiger partial charge in [0.05, 0.1) is 0 Å². The Bertz CT molecular complexity index is 832. The highest BCUT2D eigenvalue weighted by Gasteiger charge is 2.00. The molecule has 1 nitrogen and oxygen atoms in total. The van der Waals surface area contributed by atoms with Gasteiger partial charge < -0.3 is 0 Å². The van der Waals surface area contributed by atoms with Crippen molar-refractivity contribution < 1.29 is 4.79 Å². The third-order valence-electron chi connectivity index (χ3n) is 4.57. The molecule has 0 bridgehead atoms. The lowest BCUT2D eigenvalue weighted by Crippen LogP contribution is -1.87. The summed E-state index contributed by atoms with van der Waals surface area (Å²) in [5, 5.41) is 0. The van der Waals surface area contributed by atoms with E-state index in [1.165, 1.54) is 48.1 Å². The third-order valence-corrected chi connectivity index (χ3v) is 5.09. The van der Waals surface area contributed by atoms with Gasteiger partial charge in [-0.15, -0.1) is 0 Å². The number of hydrogen-bond donors (Lipinski definition) is 0. The zero-order valence-corrected chi connectivity index (χ0v) is 22.0. The monoisotopic (exact) mass is 494 g/mol. The summed E-state index contributed by atoms with van der Waals surface area (Å²) in [5.41, 5.74) is 5.10. The first-order valence-corrected chi connectivity index (χ1v) is 12.0. The van der Waals surface area contributed by atoms with Crippen LogP contribution in [0.5, 0.6) is 0 Å². The van der Waals surface area contributed by atoms with Crippen molar-refractivity contribution in [2.24, 2.45) is 0 Å². The van der Waals surface area contributed by atoms with Crippen molar-refractivity contribution in [2.45, 2.75) is 59.8 Å². The van der Waals surface area contributed by atoms with Gasteiger partial charge in [-0.25, -0.2) is 0 Å². The highest BCUT2D eigenvalue weighted by Crippen LogP contribution is 2.20. The van der Waals surface area contributed by atoms with Gasteiger partial charge in [-0.1, -0.05) is 129 Å². The van der Waals surface area contributed by atoms with Crippen LogP contribution >= 0.6 is 15.9 Å². The molecular weight excluding hydrogens is 456 g/mol.